The maximum atomic E-state index is 11.9. The molecule has 110 valence electrons. The number of amides is 1. The number of benzene rings is 1. The normalized spacial score (nSPS) is 11.1. The van der Waals surface area contributed by atoms with Crippen molar-refractivity contribution in [3.05, 3.63) is 23.8 Å². The van der Waals surface area contributed by atoms with Gasteiger partial charge in [0.2, 0.25) is 15.9 Å². The van der Waals surface area contributed by atoms with Crippen molar-refractivity contribution >= 4 is 27.6 Å². The van der Waals surface area contributed by atoms with Gasteiger partial charge in [-0.2, -0.15) is 0 Å². The van der Waals surface area contributed by atoms with Crippen LogP contribution in [0.5, 0.6) is 0 Å². The van der Waals surface area contributed by atoms with E-state index in [1.165, 1.54) is 25.3 Å². The molecule has 20 heavy (non-hydrogen) atoms. The van der Waals surface area contributed by atoms with Crippen molar-refractivity contribution in [1.29, 1.82) is 0 Å². The molecule has 0 aliphatic rings. The minimum absolute atomic E-state index is 0.102. The molecule has 0 fully saturated rings. The number of esters is 1. The Morgan fingerprint density at radius 2 is 2.00 bits per heavy atom. The number of anilines is 1. The summed E-state index contributed by atoms with van der Waals surface area (Å²) in [6.45, 7) is -0.119. The Kier molecular flexibility index (Phi) is 5.06. The lowest BCUT2D eigenvalue weighted by molar-refractivity contribution is -0.140. The van der Waals surface area contributed by atoms with Crippen LogP contribution in [0.4, 0.5) is 5.69 Å². The summed E-state index contributed by atoms with van der Waals surface area (Å²) in [6.07, 6.45) is -0.102. The highest BCUT2D eigenvalue weighted by atomic mass is 32.2. The lowest BCUT2D eigenvalue weighted by atomic mass is 10.2. The fourth-order valence-electron chi connectivity index (χ4n) is 1.41. The number of nitrogens with two attached hydrogens (primary N) is 2. The highest BCUT2D eigenvalue weighted by molar-refractivity contribution is 7.89. The van der Waals surface area contributed by atoms with E-state index in [0.29, 0.717) is 0 Å². The Morgan fingerprint density at radius 1 is 1.35 bits per heavy atom. The van der Waals surface area contributed by atoms with Gasteiger partial charge in [-0.25, -0.2) is 13.1 Å². The molecule has 0 bridgehead atoms. The lowest BCUT2D eigenvalue weighted by Gasteiger charge is -2.09. The second-order valence-electron chi connectivity index (χ2n) is 3.84. The molecule has 1 rings (SSSR count). The fourth-order valence-corrected chi connectivity index (χ4v) is 2.56. The van der Waals surface area contributed by atoms with Gasteiger partial charge in [0.05, 0.1) is 19.2 Å². The standard InChI is InChI=1S/C11H15N3O5S/c1-19-10(15)4-5-14-20(17,18)9-3-2-7(11(13)16)6-8(9)12/h2-3,6,14H,4-5,12H2,1H3,(H2,13,16). The summed E-state index contributed by atoms with van der Waals surface area (Å²) >= 11 is 0. The molecule has 1 aromatic rings. The maximum Gasteiger partial charge on any atom is 0.306 e. The molecule has 0 atom stereocenters. The van der Waals surface area contributed by atoms with E-state index in [4.69, 9.17) is 11.5 Å². The van der Waals surface area contributed by atoms with Crippen LogP contribution in [0.15, 0.2) is 23.1 Å². The van der Waals surface area contributed by atoms with Crippen molar-refractivity contribution in [1.82, 2.24) is 4.72 Å². The van der Waals surface area contributed by atoms with Crippen molar-refractivity contribution in [2.45, 2.75) is 11.3 Å². The largest absolute Gasteiger partial charge is 0.469 e. The van der Waals surface area contributed by atoms with Crippen LogP contribution >= 0.6 is 0 Å². The first-order valence-corrected chi connectivity index (χ1v) is 7.02. The van der Waals surface area contributed by atoms with Crippen molar-refractivity contribution in [3.8, 4) is 0 Å². The van der Waals surface area contributed by atoms with Crippen molar-refractivity contribution in [2.24, 2.45) is 5.73 Å². The van der Waals surface area contributed by atoms with E-state index >= 15 is 0 Å². The Morgan fingerprint density at radius 3 is 2.50 bits per heavy atom. The molecule has 1 aromatic carbocycles. The fraction of sp³-hybridized carbons (Fsp3) is 0.273. The molecule has 0 aromatic heterocycles. The number of methoxy groups -OCH3 is 1. The predicted octanol–water partition coefficient (Wildman–Crippen LogP) is -0.791. The molecule has 0 saturated carbocycles. The number of hydrogen-bond donors (Lipinski definition) is 3. The quantitative estimate of drug-likeness (QED) is 0.464. The number of nitrogen functional groups attached to an aromatic ring is 1. The molecule has 9 heteroatoms. The summed E-state index contributed by atoms with van der Waals surface area (Å²) in [7, 11) is -2.67. The molecule has 8 nitrogen and oxygen atoms in total. The van der Waals surface area contributed by atoms with E-state index in [1.807, 2.05) is 0 Å². The van der Waals surface area contributed by atoms with E-state index in [0.717, 1.165) is 0 Å². The van der Waals surface area contributed by atoms with Crippen LogP contribution in [0.2, 0.25) is 0 Å². The van der Waals surface area contributed by atoms with Gasteiger partial charge in [0.1, 0.15) is 4.90 Å². The summed E-state index contributed by atoms with van der Waals surface area (Å²) in [5.74, 6) is -1.25. The summed E-state index contributed by atoms with van der Waals surface area (Å²) in [4.78, 5) is 21.6. The van der Waals surface area contributed by atoms with Gasteiger partial charge in [0.25, 0.3) is 0 Å². The topological polar surface area (TPSA) is 142 Å². The van der Waals surface area contributed by atoms with Crippen LogP contribution in [0.1, 0.15) is 16.8 Å². The Hall–Kier alpha value is -2.13. The third-order valence-electron chi connectivity index (χ3n) is 2.43. The highest BCUT2D eigenvalue weighted by Crippen LogP contribution is 2.19. The first-order chi connectivity index (χ1) is 9.27. The highest BCUT2D eigenvalue weighted by Gasteiger charge is 2.18. The van der Waals surface area contributed by atoms with Gasteiger partial charge in [0.15, 0.2) is 0 Å². The Balaban J connectivity index is 2.87. The molecule has 0 radical (unpaired) electrons. The van der Waals surface area contributed by atoms with Gasteiger partial charge in [-0.15, -0.1) is 0 Å². The van der Waals surface area contributed by atoms with E-state index in [-0.39, 0.29) is 29.1 Å². The van der Waals surface area contributed by atoms with Crippen LogP contribution in [-0.4, -0.2) is 33.9 Å². The van der Waals surface area contributed by atoms with Crippen LogP contribution in [0.25, 0.3) is 0 Å². The van der Waals surface area contributed by atoms with Crippen LogP contribution in [0.3, 0.4) is 0 Å². The number of hydrogen-bond acceptors (Lipinski definition) is 6. The number of sulfonamides is 1. The monoisotopic (exact) mass is 301 g/mol. The molecule has 0 unspecified atom stereocenters. The van der Waals surface area contributed by atoms with Crippen LogP contribution in [0, 0.1) is 0 Å². The number of nitrogens with one attached hydrogen (secondary N) is 1. The summed E-state index contributed by atoms with van der Waals surface area (Å²) in [6, 6.07) is 3.61. The Labute approximate surface area is 116 Å². The summed E-state index contributed by atoms with van der Waals surface area (Å²) < 4.78 is 30.5. The maximum absolute atomic E-state index is 11.9. The minimum atomic E-state index is -3.87. The summed E-state index contributed by atoms with van der Waals surface area (Å²) in [5.41, 5.74) is 10.6. The van der Waals surface area contributed by atoms with E-state index in [1.54, 1.807) is 0 Å². The summed E-state index contributed by atoms with van der Waals surface area (Å²) in [5, 5.41) is 0. The van der Waals surface area contributed by atoms with Gasteiger partial charge in [-0.1, -0.05) is 0 Å². The van der Waals surface area contributed by atoms with Gasteiger partial charge in [-0.05, 0) is 18.2 Å². The number of primary amides is 1. The zero-order chi connectivity index (χ0) is 15.3. The molecule has 5 N–H and O–H groups in total. The third-order valence-corrected chi connectivity index (χ3v) is 3.97. The minimum Gasteiger partial charge on any atom is -0.469 e. The number of ether oxygens (including phenoxy) is 1. The first kappa shape index (κ1) is 15.9. The zero-order valence-electron chi connectivity index (χ0n) is 10.8. The number of carbonyl (C=O) groups excluding carboxylic acids is 2. The van der Waals surface area contributed by atoms with E-state index in [9.17, 15) is 18.0 Å². The molecule has 1 amide bonds. The van der Waals surface area contributed by atoms with Crippen molar-refractivity contribution < 1.29 is 22.7 Å². The molecular formula is C11H15N3O5S. The Bertz CT molecular complexity index is 627. The molecular weight excluding hydrogens is 286 g/mol. The first-order valence-electron chi connectivity index (χ1n) is 5.53. The van der Waals surface area contributed by atoms with E-state index < -0.39 is 21.9 Å². The van der Waals surface area contributed by atoms with E-state index in [2.05, 4.69) is 9.46 Å². The second kappa shape index (κ2) is 6.35. The van der Waals surface area contributed by atoms with Gasteiger partial charge in [-0.3, -0.25) is 9.59 Å². The molecule has 0 heterocycles. The predicted molar refractivity (Wildman–Crippen MR) is 71.2 cm³/mol. The second-order valence-corrected chi connectivity index (χ2v) is 5.58. The lowest BCUT2D eigenvalue weighted by Crippen LogP contribution is -2.27. The SMILES string of the molecule is COC(=O)CCNS(=O)(=O)c1ccc(C(N)=O)cc1N. The van der Waals surface area contributed by atoms with Crippen LogP contribution in [-0.2, 0) is 19.6 Å². The van der Waals surface area contributed by atoms with Gasteiger partial charge in [0, 0.05) is 12.1 Å². The van der Waals surface area contributed by atoms with Crippen molar-refractivity contribution in [2.75, 3.05) is 19.4 Å². The molecule has 0 aliphatic carbocycles. The molecule has 0 spiro atoms. The number of rotatable bonds is 6. The molecule has 0 saturated heterocycles. The smallest absolute Gasteiger partial charge is 0.306 e. The van der Waals surface area contributed by atoms with Crippen molar-refractivity contribution in [3.63, 3.8) is 0 Å². The third kappa shape index (κ3) is 3.93. The average Bonchev–Trinajstić information content (AvgIpc) is 2.37. The number of carbonyl (C=O) groups is 2. The van der Waals surface area contributed by atoms with Gasteiger partial charge < -0.3 is 16.2 Å². The zero-order valence-corrected chi connectivity index (χ0v) is 11.6. The van der Waals surface area contributed by atoms with Gasteiger partial charge >= 0.3 is 5.97 Å². The average molecular weight is 301 g/mol. The van der Waals surface area contributed by atoms with Crippen LogP contribution < -0.4 is 16.2 Å². The molecule has 0 aliphatic heterocycles.